The molecule has 5 heteroatoms. The number of hydrogen-bond donors (Lipinski definition) is 2. The molecule has 0 saturated carbocycles. The van der Waals surface area contributed by atoms with Gasteiger partial charge in [-0.25, -0.2) is 4.79 Å². The third-order valence-corrected chi connectivity index (χ3v) is 4.90. The summed E-state index contributed by atoms with van der Waals surface area (Å²) < 4.78 is 1.87. The van der Waals surface area contributed by atoms with E-state index >= 15 is 0 Å². The highest BCUT2D eigenvalue weighted by atomic mass is 16.4. The van der Waals surface area contributed by atoms with E-state index in [9.17, 15) is 19.8 Å². The van der Waals surface area contributed by atoms with Crippen molar-refractivity contribution in [2.75, 3.05) is 0 Å². The van der Waals surface area contributed by atoms with Crippen molar-refractivity contribution in [1.82, 2.24) is 4.57 Å². The van der Waals surface area contributed by atoms with Gasteiger partial charge in [0, 0.05) is 17.8 Å². The molecule has 130 valence electrons. The number of fused-ring (bicyclic) bond motifs is 1. The van der Waals surface area contributed by atoms with Crippen LogP contribution < -0.4 is 0 Å². The lowest BCUT2D eigenvalue weighted by Crippen LogP contribution is -2.12. The second kappa shape index (κ2) is 6.19. The summed E-state index contributed by atoms with van der Waals surface area (Å²) in [7, 11) is 0. The number of aromatic carboxylic acids is 1. The van der Waals surface area contributed by atoms with Crippen molar-refractivity contribution in [3.8, 4) is 22.4 Å². The molecule has 0 fully saturated rings. The highest BCUT2D eigenvalue weighted by molar-refractivity contribution is 6.04. The Labute approximate surface area is 150 Å². The van der Waals surface area contributed by atoms with Crippen LogP contribution in [0.1, 0.15) is 28.4 Å². The van der Waals surface area contributed by atoms with Crippen LogP contribution in [-0.2, 0) is 11.3 Å². The van der Waals surface area contributed by atoms with E-state index in [1.165, 1.54) is 0 Å². The fraction of sp³-hybridized carbons (Fsp3) is 0.143. The quantitative estimate of drug-likeness (QED) is 0.745. The minimum absolute atomic E-state index is 0.0972. The maximum Gasteiger partial charge on any atom is 0.338 e. The van der Waals surface area contributed by atoms with Crippen LogP contribution in [0.4, 0.5) is 0 Å². The number of benzene rings is 2. The SMILES string of the molecule is O=C(O)c1c(-c2ccccc2)c(-c2ccccc2)n2c1C(C(=O)O)CC2. The van der Waals surface area contributed by atoms with Crippen LogP contribution in [0, 0.1) is 0 Å². The Morgan fingerprint density at radius 3 is 2.00 bits per heavy atom. The van der Waals surface area contributed by atoms with Crippen molar-refractivity contribution in [3.63, 3.8) is 0 Å². The molecular weight excluding hydrogens is 330 g/mol. The molecule has 2 N–H and O–H groups in total. The first-order chi connectivity index (χ1) is 12.6. The molecule has 1 atom stereocenters. The summed E-state index contributed by atoms with van der Waals surface area (Å²) in [4.78, 5) is 23.9. The molecule has 2 heterocycles. The molecule has 0 bridgehead atoms. The van der Waals surface area contributed by atoms with Gasteiger partial charge in [-0.2, -0.15) is 0 Å². The fourth-order valence-corrected chi connectivity index (χ4v) is 3.87. The molecule has 5 nitrogen and oxygen atoms in total. The molecule has 26 heavy (non-hydrogen) atoms. The van der Waals surface area contributed by atoms with Crippen LogP contribution in [0.5, 0.6) is 0 Å². The lowest BCUT2D eigenvalue weighted by atomic mass is 9.93. The van der Waals surface area contributed by atoms with E-state index in [0.717, 1.165) is 16.8 Å². The Balaban J connectivity index is 2.11. The van der Waals surface area contributed by atoms with E-state index < -0.39 is 17.9 Å². The van der Waals surface area contributed by atoms with Gasteiger partial charge in [0.1, 0.15) is 0 Å². The molecule has 3 aromatic rings. The first-order valence-corrected chi connectivity index (χ1v) is 8.43. The van der Waals surface area contributed by atoms with Crippen molar-refractivity contribution in [2.45, 2.75) is 18.9 Å². The number of hydrogen-bond acceptors (Lipinski definition) is 2. The molecule has 0 amide bonds. The van der Waals surface area contributed by atoms with Gasteiger partial charge in [0.2, 0.25) is 0 Å². The summed E-state index contributed by atoms with van der Waals surface area (Å²) in [6.45, 7) is 0.490. The summed E-state index contributed by atoms with van der Waals surface area (Å²) in [5.74, 6) is -2.88. The number of nitrogens with zero attached hydrogens (tertiary/aromatic N) is 1. The van der Waals surface area contributed by atoms with Gasteiger partial charge in [0.25, 0.3) is 0 Å². The maximum atomic E-state index is 12.2. The average Bonchev–Trinajstić information content (AvgIpc) is 3.20. The van der Waals surface area contributed by atoms with Crippen LogP contribution >= 0.6 is 0 Å². The van der Waals surface area contributed by atoms with Crippen molar-refractivity contribution in [3.05, 3.63) is 71.9 Å². The number of rotatable bonds is 4. The van der Waals surface area contributed by atoms with Crippen molar-refractivity contribution < 1.29 is 19.8 Å². The van der Waals surface area contributed by atoms with E-state index in [2.05, 4.69) is 0 Å². The summed E-state index contributed by atoms with van der Waals surface area (Å²) in [6.07, 6.45) is 0.403. The molecule has 0 aliphatic carbocycles. The van der Waals surface area contributed by atoms with Gasteiger partial charge in [-0.15, -0.1) is 0 Å². The van der Waals surface area contributed by atoms with E-state index in [4.69, 9.17) is 0 Å². The van der Waals surface area contributed by atoms with Crippen LogP contribution in [0.25, 0.3) is 22.4 Å². The van der Waals surface area contributed by atoms with E-state index in [-0.39, 0.29) is 5.56 Å². The Morgan fingerprint density at radius 2 is 1.46 bits per heavy atom. The lowest BCUT2D eigenvalue weighted by molar-refractivity contribution is -0.138. The summed E-state index contributed by atoms with van der Waals surface area (Å²) >= 11 is 0. The highest BCUT2D eigenvalue weighted by Crippen LogP contribution is 2.45. The predicted molar refractivity (Wildman–Crippen MR) is 97.3 cm³/mol. The molecular formula is C21H17NO4. The number of aromatic nitrogens is 1. The third kappa shape index (κ3) is 2.40. The second-order valence-electron chi connectivity index (χ2n) is 6.35. The van der Waals surface area contributed by atoms with Gasteiger partial charge in [-0.1, -0.05) is 60.7 Å². The highest BCUT2D eigenvalue weighted by Gasteiger charge is 2.39. The molecule has 1 aliphatic rings. The lowest BCUT2D eigenvalue weighted by Gasteiger charge is -2.10. The van der Waals surface area contributed by atoms with E-state index in [0.29, 0.717) is 24.2 Å². The fourth-order valence-electron chi connectivity index (χ4n) is 3.87. The molecule has 2 aromatic carbocycles. The molecule has 0 saturated heterocycles. The van der Waals surface area contributed by atoms with Gasteiger partial charge < -0.3 is 14.8 Å². The molecule has 1 unspecified atom stereocenters. The Bertz CT molecular complexity index is 990. The topological polar surface area (TPSA) is 79.5 Å². The Hall–Kier alpha value is -3.34. The average molecular weight is 347 g/mol. The Kier molecular flexibility index (Phi) is 3.84. The van der Waals surface area contributed by atoms with Crippen molar-refractivity contribution in [2.24, 2.45) is 0 Å². The normalized spacial score (nSPS) is 15.6. The first-order valence-electron chi connectivity index (χ1n) is 8.43. The van der Waals surface area contributed by atoms with Gasteiger partial charge in [-0.3, -0.25) is 4.79 Å². The molecule has 1 aliphatic heterocycles. The smallest absolute Gasteiger partial charge is 0.338 e. The predicted octanol–water partition coefficient (Wildman–Crippen LogP) is 4.09. The number of aliphatic carboxylic acids is 1. The third-order valence-electron chi connectivity index (χ3n) is 4.90. The first kappa shape index (κ1) is 16.1. The van der Waals surface area contributed by atoms with Crippen LogP contribution in [0.3, 0.4) is 0 Å². The minimum atomic E-state index is -1.09. The maximum absolute atomic E-state index is 12.2. The van der Waals surface area contributed by atoms with Gasteiger partial charge in [0.05, 0.1) is 17.2 Å². The standard InChI is InChI=1S/C21H17NO4/c23-20(24)15-11-12-22-18(14-9-5-2-6-10-14)16(13-7-3-1-4-8-13)17(19(15)22)21(25)26/h1-10,15H,11-12H2,(H,23,24)(H,25,26). The monoisotopic (exact) mass is 347 g/mol. The Morgan fingerprint density at radius 1 is 0.885 bits per heavy atom. The molecule has 0 spiro atoms. The number of carbonyl (C=O) groups is 2. The summed E-state index contributed by atoms with van der Waals surface area (Å²) in [5, 5.41) is 19.5. The second-order valence-corrected chi connectivity index (χ2v) is 6.35. The van der Waals surface area contributed by atoms with Gasteiger partial charge >= 0.3 is 11.9 Å². The minimum Gasteiger partial charge on any atom is -0.481 e. The van der Waals surface area contributed by atoms with Crippen molar-refractivity contribution >= 4 is 11.9 Å². The van der Waals surface area contributed by atoms with Crippen molar-refractivity contribution in [1.29, 1.82) is 0 Å². The number of carboxylic acids is 2. The molecule has 4 rings (SSSR count). The number of carboxylic acid groups (broad SMARTS) is 2. The van der Waals surface area contributed by atoms with Crippen LogP contribution in [0.2, 0.25) is 0 Å². The van der Waals surface area contributed by atoms with E-state index in [1.54, 1.807) is 0 Å². The van der Waals surface area contributed by atoms with Crippen LogP contribution in [-0.4, -0.2) is 26.7 Å². The van der Waals surface area contributed by atoms with Crippen LogP contribution in [0.15, 0.2) is 60.7 Å². The zero-order chi connectivity index (χ0) is 18.3. The van der Waals surface area contributed by atoms with Gasteiger partial charge in [0.15, 0.2) is 0 Å². The zero-order valence-electron chi connectivity index (χ0n) is 13.9. The molecule has 0 radical (unpaired) electrons. The largest absolute Gasteiger partial charge is 0.481 e. The van der Waals surface area contributed by atoms with Gasteiger partial charge in [-0.05, 0) is 17.5 Å². The zero-order valence-corrected chi connectivity index (χ0v) is 13.9. The van der Waals surface area contributed by atoms with E-state index in [1.807, 2.05) is 65.2 Å². The summed E-state index contributed by atoms with van der Waals surface area (Å²) in [5.41, 5.74) is 3.50. The summed E-state index contributed by atoms with van der Waals surface area (Å²) in [6, 6.07) is 18.8. The molecule has 1 aromatic heterocycles.